The number of carbonyl (C=O) groups is 1. The number of hydrogen-bond acceptors (Lipinski definition) is 2. The second-order valence-electron chi connectivity index (χ2n) is 4.99. The summed E-state index contributed by atoms with van der Waals surface area (Å²) in [4.78, 5) is 11.0. The molecule has 0 aliphatic carbocycles. The van der Waals surface area contributed by atoms with E-state index in [-0.39, 0.29) is 6.54 Å². The van der Waals surface area contributed by atoms with Gasteiger partial charge in [0.1, 0.15) is 6.54 Å². The molecule has 0 spiro atoms. The highest BCUT2D eigenvalue weighted by Crippen LogP contribution is 2.28. The summed E-state index contributed by atoms with van der Waals surface area (Å²) in [7, 11) is 0. The lowest BCUT2D eigenvalue weighted by molar-refractivity contribution is -0.137. The summed E-state index contributed by atoms with van der Waals surface area (Å²) >= 11 is 0. The van der Waals surface area contributed by atoms with Crippen molar-refractivity contribution in [3.05, 3.63) is 35.0 Å². The molecule has 4 nitrogen and oxygen atoms in total. The number of carboxylic acid groups (broad SMARTS) is 1. The van der Waals surface area contributed by atoms with Crippen LogP contribution in [0.4, 0.5) is 0 Å². The van der Waals surface area contributed by atoms with Crippen LogP contribution in [0.1, 0.15) is 23.1 Å². The summed E-state index contributed by atoms with van der Waals surface area (Å²) in [5, 5.41) is 10.2. The molecule has 2 aromatic rings. The van der Waals surface area contributed by atoms with Gasteiger partial charge in [-0.25, -0.2) is 0 Å². The predicted molar refractivity (Wildman–Crippen MR) is 76.4 cm³/mol. The van der Waals surface area contributed by atoms with Gasteiger partial charge in [0, 0.05) is 11.6 Å². The normalized spacial score (nSPS) is 11.1. The number of aryl methyl sites for hydroxylation is 3. The predicted octanol–water partition coefficient (Wildman–Crippen LogP) is 2.23. The summed E-state index contributed by atoms with van der Waals surface area (Å²) in [6, 6.07) is 4.14. The van der Waals surface area contributed by atoms with Crippen molar-refractivity contribution in [2.24, 2.45) is 5.73 Å². The first-order valence-electron chi connectivity index (χ1n) is 6.54. The highest BCUT2D eigenvalue weighted by atomic mass is 16.4. The topological polar surface area (TPSA) is 68.2 Å². The van der Waals surface area contributed by atoms with Crippen molar-refractivity contribution in [2.75, 3.05) is 6.54 Å². The van der Waals surface area contributed by atoms with Crippen LogP contribution >= 0.6 is 0 Å². The molecule has 0 amide bonds. The van der Waals surface area contributed by atoms with Gasteiger partial charge >= 0.3 is 5.97 Å². The molecule has 1 aromatic heterocycles. The van der Waals surface area contributed by atoms with Crippen molar-refractivity contribution in [2.45, 2.75) is 33.2 Å². The fourth-order valence-corrected chi connectivity index (χ4v) is 2.64. The molecular formula is C15H20N2O2. The molecule has 0 saturated heterocycles. The maximum atomic E-state index is 11.0. The Balaban J connectivity index is 2.62. The Bertz CT molecular complexity index is 614. The van der Waals surface area contributed by atoms with Gasteiger partial charge in [-0.2, -0.15) is 0 Å². The first kappa shape index (κ1) is 13.6. The van der Waals surface area contributed by atoms with Crippen LogP contribution < -0.4 is 5.73 Å². The van der Waals surface area contributed by atoms with Gasteiger partial charge in [-0.1, -0.05) is 12.1 Å². The Morgan fingerprint density at radius 1 is 1.32 bits per heavy atom. The fraction of sp³-hybridized carbons (Fsp3) is 0.400. The van der Waals surface area contributed by atoms with Crippen LogP contribution in [0.2, 0.25) is 0 Å². The lowest BCUT2D eigenvalue weighted by Gasteiger charge is -2.06. The maximum absolute atomic E-state index is 11.0. The smallest absolute Gasteiger partial charge is 0.323 e. The van der Waals surface area contributed by atoms with E-state index in [1.807, 2.05) is 23.8 Å². The van der Waals surface area contributed by atoms with Gasteiger partial charge in [0.15, 0.2) is 0 Å². The summed E-state index contributed by atoms with van der Waals surface area (Å²) in [6.07, 6.45) is 3.78. The molecule has 0 radical (unpaired) electrons. The van der Waals surface area contributed by atoms with Crippen LogP contribution in [0, 0.1) is 13.8 Å². The Kier molecular flexibility index (Phi) is 3.90. The fourth-order valence-electron chi connectivity index (χ4n) is 2.64. The second-order valence-corrected chi connectivity index (χ2v) is 4.99. The standard InChI is InChI=1S/C15H20N2O2/c1-10-5-6-11(2)15-14(10)12(4-3-7-16)8-17(15)9-13(18)19/h5-6,8H,3-4,7,9,16H2,1-2H3,(H,18,19). The third-order valence-corrected chi connectivity index (χ3v) is 3.46. The molecule has 0 unspecified atom stereocenters. The van der Waals surface area contributed by atoms with Crippen molar-refractivity contribution in [1.29, 1.82) is 0 Å². The molecular weight excluding hydrogens is 240 g/mol. The van der Waals surface area contributed by atoms with Crippen molar-refractivity contribution in [1.82, 2.24) is 4.57 Å². The molecule has 0 aliphatic rings. The van der Waals surface area contributed by atoms with Gasteiger partial charge in [-0.05, 0) is 49.9 Å². The third kappa shape index (κ3) is 2.63. The molecule has 4 heteroatoms. The Hall–Kier alpha value is -1.81. The number of benzene rings is 1. The zero-order chi connectivity index (χ0) is 14.0. The SMILES string of the molecule is Cc1ccc(C)c2c1c(CCCN)cn2CC(=O)O. The largest absolute Gasteiger partial charge is 0.480 e. The highest BCUT2D eigenvalue weighted by Gasteiger charge is 2.14. The summed E-state index contributed by atoms with van der Waals surface area (Å²) in [6.45, 7) is 4.74. The van der Waals surface area contributed by atoms with E-state index >= 15 is 0 Å². The Labute approximate surface area is 112 Å². The maximum Gasteiger partial charge on any atom is 0.323 e. The number of nitrogens with two attached hydrogens (primary N) is 1. The van der Waals surface area contributed by atoms with E-state index in [0.717, 1.165) is 23.9 Å². The zero-order valence-electron chi connectivity index (χ0n) is 11.4. The molecule has 1 heterocycles. The van der Waals surface area contributed by atoms with Crippen molar-refractivity contribution in [3.8, 4) is 0 Å². The number of fused-ring (bicyclic) bond motifs is 1. The molecule has 0 atom stereocenters. The molecule has 0 saturated carbocycles. The number of aliphatic carboxylic acids is 1. The van der Waals surface area contributed by atoms with Gasteiger partial charge in [0.25, 0.3) is 0 Å². The molecule has 19 heavy (non-hydrogen) atoms. The van der Waals surface area contributed by atoms with Crippen LogP contribution in [0.3, 0.4) is 0 Å². The van der Waals surface area contributed by atoms with E-state index in [4.69, 9.17) is 10.8 Å². The molecule has 0 aliphatic heterocycles. The van der Waals surface area contributed by atoms with E-state index < -0.39 is 5.97 Å². The van der Waals surface area contributed by atoms with Gasteiger partial charge in [-0.3, -0.25) is 4.79 Å². The van der Waals surface area contributed by atoms with Crippen molar-refractivity contribution in [3.63, 3.8) is 0 Å². The number of hydrogen-bond donors (Lipinski definition) is 2. The van der Waals surface area contributed by atoms with Crippen molar-refractivity contribution < 1.29 is 9.90 Å². The van der Waals surface area contributed by atoms with E-state index in [9.17, 15) is 4.79 Å². The quantitative estimate of drug-likeness (QED) is 0.866. The van der Waals surface area contributed by atoms with E-state index in [1.54, 1.807) is 0 Å². The van der Waals surface area contributed by atoms with Crippen LogP contribution in [0.25, 0.3) is 10.9 Å². The average Bonchev–Trinajstić information content (AvgIpc) is 2.70. The van der Waals surface area contributed by atoms with E-state index in [1.165, 1.54) is 16.5 Å². The first-order valence-corrected chi connectivity index (χ1v) is 6.54. The molecule has 2 rings (SSSR count). The van der Waals surface area contributed by atoms with Crippen LogP contribution in [0.15, 0.2) is 18.3 Å². The van der Waals surface area contributed by atoms with Crippen molar-refractivity contribution >= 4 is 16.9 Å². The molecule has 0 fully saturated rings. The number of aromatic nitrogens is 1. The summed E-state index contributed by atoms with van der Waals surface area (Å²) < 4.78 is 1.84. The van der Waals surface area contributed by atoms with Crippen LogP contribution in [-0.2, 0) is 17.8 Å². The zero-order valence-corrected chi connectivity index (χ0v) is 11.4. The van der Waals surface area contributed by atoms with E-state index in [2.05, 4.69) is 13.0 Å². The monoisotopic (exact) mass is 260 g/mol. The Morgan fingerprint density at radius 3 is 2.63 bits per heavy atom. The third-order valence-electron chi connectivity index (χ3n) is 3.46. The second kappa shape index (κ2) is 5.45. The molecule has 3 N–H and O–H groups in total. The molecule has 102 valence electrons. The number of carboxylic acids is 1. The summed E-state index contributed by atoms with van der Waals surface area (Å²) in [5.41, 5.74) is 10.1. The van der Waals surface area contributed by atoms with Crippen LogP contribution in [-0.4, -0.2) is 22.2 Å². The number of rotatable bonds is 5. The minimum atomic E-state index is -0.816. The molecule has 0 bridgehead atoms. The highest BCUT2D eigenvalue weighted by molar-refractivity contribution is 5.90. The minimum absolute atomic E-state index is 0.00339. The van der Waals surface area contributed by atoms with Gasteiger partial charge in [-0.15, -0.1) is 0 Å². The first-order chi connectivity index (χ1) is 9.04. The molecule has 1 aromatic carbocycles. The number of nitrogens with zero attached hydrogens (tertiary/aromatic N) is 1. The van der Waals surface area contributed by atoms with Gasteiger partial charge in [0.2, 0.25) is 0 Å². The lowest BCUT2D eigenvalue weighted by atomic mass is 10.0. The van der Waals surface area contributed by atoms with E-state index in [0.29, 0.717) is 6.54 Å². The Morgan fingerprint density at radius 2 is 2.00 bits per heavy atom. The minimum Gasteiger partial charge on any atom is -0.480 e. The lowest BCUT2D eigenvalue weighted by Crippen LogP contribution is -2.08. The summed E-state index contributed by atoms with van der Waals surface area (Å²) in [5.74, 6) is -0.816. The average molecular weight is 260 g/mol. The van der Waals surface area contributed by atoms with Gasteiger partial charge < -0.3 is 15.4 Å². The van der Waals surface area contributed by atoms with Crippen LogP contribution in [0.5, 0.6) is 0 Å². The van der Waals surface area contributed by atoms with Gasteiger partial charge in [0.05, 0.1) is 5.52 Å².